The van der Waals surface area contributed by atoms with Gasteiger partial charge in [0.25, 0.3) is 0 Å². The number of carbonyl (C=O) groups excluding carboxylic acids is 1. The summed E-state index contributed by atoms with van der Waals surface area (Å²) in [5, 5.41) is 3.57. The first kappa shape index (κ1) is 17.9. The molecule has 0 fully saturated rings. The Morgan fingerprint density at radius 3 is 2.17 bits per heavy atom. The zero-order valence-corrected chi connectivity index (χ0v) is 15.8. The fourth-order valence-corrected chi connectivity index (χ4v) is 3.69. The molecule has 0 heterocycles. The number of aryl methyl sites for hydroxylation is 3. The molecule has 0 aromatic heterocycles. The topological polar surface area (TPSA) is 29.1 Å². The van der Waals surface area contributed by atoms with Gasteiger partial charge in [-0.15, -0.1) is 11.8 Å². The van der Waals surface area contributed by atoms with Crippen LogP contribution < -0.4 is 5.32 Å². The van der Waals surface area contributed by atoms with Crippen LogP contribution in [0.5, 0.6) is 0 Å². The van der Waals surface area contributed by atoms with Gasteiger partial charge in [0.2, 0.25) is 5.91 Å². The van der Waals surface area contributed by atoms with Crippen LogP contribution in [-0.2, 0) is 4.79 Å². The average molecular weight is 348 g/mol. The molecule has 2 nitrogen and oxygen atoms in total. The van der Waals surface area contributed by atoms with Crippen molar-refractivity contribution in [2.24, 2.45) is 0 Å². The number of anilines is 1. The van der Waals surface area contributed by atoms with Crippen LogP contribution in [0.25, 0.3) is 0 Å². The van der Waals surface area contributed by atoms with Crippen LogP contribution in [0.3, 0.4) is 0 Å². The van der Waals surface area contributed by atoms with Crippen molar-refractivity contribution < 1.29 is 4.79 Å². The van der Waals surface area contributed by atoms with Gasteiger partial charge in [-0.1, -0.05) is 23.7 Å². The van der Waals surface area contributed by atoms with E-state index in [1.54, 1.807) is 17.8 Å². The van der Waals surface area contributed by atoms with E-state index < -0.39 is 0 Å². The summed E-state index contributed by atoms with van der Waals surface area (Å²) in [6, 6.07) is 7.76. The Morgan fingerprint density at radius 1 is 1.00 bits per heavy atom. The number of halogens is 1. The van der Waals surface area contributed by atoms with Crippen molar-refractivity contribution in [2.75, 3.05) is 11.1 Å². The van der Waals surface area contributed by atoms with Crippen LogP contribution in [0.1, 0.15) is 27.8 Å². The molecule has 0 aliphatic rings. The predicted molar refractivity (Wildman–Crippen MR) is 101 cm³/mol. The molecule has 0 atom stereocenters. The Labute approximate surface area is 147 Å². The second-order valence-electron chi connectivity index (χ2n) is 5.89. The summed E-state index contributed by atoms with van der Waals surface area (Å²) in [5.41, 5.74) is 6.77. The lowest BCUT2D eigenvalue weighted by atomic mass is 10.0. The first-order valence-electron chi connectivity index (χ1n) is 7.55. The van der Waals surface area contributed by atoms with Crippen molar-refractivity contribution in [1.82, 2.24) is 0 Å². The largest absolute Gasteiger partial charge is 0.325 e. The number of thioether (sulfide) groups is 1. The number of hydrogen-bond donors (Lipinski definition) is 1. The van der Waals surface area contributed by atoms with Crippen molar-refractivity contribution >= 4 is 35.0 Å². The Hall–Kier alpha value is -1.45. The van der Waals surface area contributed by atoms with Gasteiger partial charge in [0.1, 0.15) is 0 Å². The molecule has 1 amide bonds. The zero-order valence-electron chi connectivity index (χ0n) is 14.2. The maximum atomic E-state index is 12.2. The highest BCUT2D eigenvalue weighted by atomic mass is 35.5. The third-order valence-electron chi connectivity index (χ3n) is 4.10. The molecule has 4 heteroatoms. The van der Waals surface area contributed by atoms with Crippen molar-refractivity contribution in [3.63, 3.8) is 0 Å². The summed E-state index contributed by atoms with van der Waals surface area (Å²) in [5.74, 6) is 0.365. The number of nitrogens with one attached hydrogen (secondary N) is 1. The Bertz CT molecular complexity index is 729. The van der Waals surface area contributed by atoms with E-state index in [9.17, 15) is 4.79 Å². The third kappa shape index (κ3) is 4.30. The number of rotatable bonds is 4. The van der Waals surface area contributed by atoms with Crippen LogP contribution in [0.4, 0.5) is 5.69 Å². The highest BCUT2D eigenvalue weighted by Gasteiger charge is 2.11. The molecule has 0 saturated carbocycles. The molecule has 0 saturated heterocycles. The first-order valence-corrected chi connectivity index (χ1v) is 8.92. The van der Waals surface area contributed by atoms with E-state index in [4.69, 9.17) is 11.6 Å². The zero-order chi connectivity index (χ0) is 17.1. The molecule has 0 radical (unpaired) electrons. The van der Waals surface area contributed by atoms with Gasteiger partial charge in [0.05, 0.1) is 5.75 Å². The SMILES string of the molecule is Cc1ccc(NC(=O)CSc2c(C)c(C)cc(C)c2C)cc1Cl. The fraction of sp³-hybridized carbons (Fsp3) is 0.316. The smallest absolute Gasteiger partial charge is 0.234 e. The molecule has 0 aliphatic heterocycles. The van der Waals surface area contributed by atoms with Gasteiger partial charge >= 0.3 is 0 Å². The molecule has 0 aliphatic carbocycles. The van der Waals surface area contributed by atoms with Crippen LogP contribution in [0.15, 0.2) is 29.2 Å². The molecule has 23 heavy (non-hydrogen) atoms. The molecule has 0 unspecified atom stereocenters. The molecule has 2 rings (SSSR count). The lowest BCUT2D eigenvalue weighted by Gasteiger charge is -2.14. The molecule has 1 N–H and O–H groups in total. The van der Waals surface area contributed by atoms with E-state index in [1.165, 1.54) is 27.1 Å². The molecule has 2 aromatic carbocycles. The van der Waals surface area contributed by atoms with E-state index >= 15 is 0 Å². The molecule has 2 aromatic rings. The highest BCUT2D eigenvalue weighted by molar-refractivity contribution is 8.00. The monoisotopic (exact) mass is 347 g/mol. The summed E-state index contributed by atoms with van der Waals surface area (Å²) in [6.45, 7) is 10.4. The Balaban J connectivity index is 2.06. The normalized spacial score (nSPS) is 10.7. The maximum Gasteiger partial charge on any atom is 0.234 e. The molecule has 122 valence electrons. The van der Waals surface area contributed by atoms with Crippen molar-refractivity contribution in [3.8, 4) is 0 Å². The molecule has 0 spiro atoms. The average Bonchev–Trinajstić information content (AvgIpc) is 2.49. The molecular formula is C19H22ClNOS. The first-order chi connectivity index (χ1) is 10.8. The van der Waals surface area contributed by atoms with Crippen molar-refractivity contribution in [1.29, 1.82) is 0 Å². The minimum Gasteiger partial charge on any atom is -0.325 e. The Morgan fingerprint density at radius 2 is 1.61 bits per heavy atom. The van der Waals surface area contributed by atoms with Gasteiger partial charge in [0, 0.05) is 15.6 Å². The predicted octanol–water partition coefficient (Wildman–Crippen LogP) is 5.61. The third-order valence-corrected chi connectivity index (χ3v) is 5.82. The summed E-state index contributed by atoms with van der Waals surface area (Å²) in [7, 11) is 0. The summed E-state index contributed by atoms with van der Waals surface area (Å²) < 4.78 is 0. The van der Waals surface area contributed by atoms with Gasteiger partial charge in [-0.2, -0.15) is 0 Å². The van der Waals surface area contributed by atoms with E-state index in [1.807, 2.05) is 19.1 Å². The fourth-order valence-electron chi connectivity index (χ4n) is 2.40. The van der Waals surface area contributed by atoms with Gasteiger partial charge in [-0.25, -0.2) is 0 Å². The Kier molecular flexibility index (Phi) is 5.77. The van der Waals surface area contributed by atoms with Gasteiger partial charge in [-0.3, -0.25) is 4.79 Å². The quantitative estimate of drug-likeness (QED) is 0.728. The minimum atomic E-state index is -0.0205. The van der Waals surface area contributed by atoms with Crippen LogP contribution >= 0.6 is 23.4 Å². The number of carbonyl (C=O) groups is 1. The van der Waals surface area contributed by atoms with Gasteiger partial charge in [0.15, 0.2) is 0 Å². The van der Waals surface area contributed by atoms with E-state index in [2.05, 4.69) is 39.1 Å². The maximum absolute atomic E-state index is 12.2. The summed E-state index contributed by atoms with van der Waals surface area (Å²) in [4.78, 5) is 13.4. The van der Waals surface area contributed by atoms with E-state index in [-0.39, 0.29) is 5.91 Å². The number of benzene rings is 2. The number of amides is 1. The lowest BCUT2D eigenvalue weighted by Crippen LogP contribution is -2.14. The van der Waals surface area contributed by atoms with Crippen LogP contribution in [0, 0.1) is 34.6 Å². The standard InChI is InChI=1S/C19H22ClNOS/c1-11-6-7-16(9-17(11)20)21-18(22)10-23-19-14(4)12(2)8-13(3)15(19)5/h6-9H,10H2,1-5H3,(H,21,22). The lowest BCUT2D eigenvalue weighted by molar-refractivity contribution is -0.113. The second-order valence-corrected chi connectivity index (χ2v) is 7.28. The number of hydrogen-bond acceptors (Lipinski definition) is 2. The second kappa shape index (κ2) is 7.41. The van der Waals surface area contributed by atoms with Crippen molar-refractivity contribution in [3.05, 3.63) is 57.1 Å². The minimum absolute atomic E-state index is 0.0205. The van der Waals surface area contributed by atoms with Crippen molar-refractivity contribution in [2.45, 2.75) is 39.5 Å². The van der Waals surface area contributed by atoms with Crippen LogP contribution in [0.2, 0.25) is 5.02 Å². The molecule has 0 bridgehead atoms. The van der Waals surface area contributed by atoms with Crippen LogP contribution in [-0.4, -0.2) is 11.7 Å². The van der Waals surface area contributed by atoms with E-state index in [0.29, 0.717) is 10.8 Å². The van der Waals surface area contributed by atoms with Gasteiger partial charge in [-0.05, 0) is 74.6 Å². The van der Waals surface area contributed by atoms with E-state index in [0.717, 1.165) is 11.3 Å². The highest BCUT2D eigenvalue weighted by Crippen LogP contribution is 2.31. The molecular weight excluding hydrogens is 326 g/mol. The van der Waals surface area contributed by atoms with Gasteiger partial charge < -0.3 is 5.32 Å². The summed E-state index contributed by atoms with van der Waals surface area (Å²) >= 11 is 7.68. The summed E-state index contributed by atoms with van der Waals surface area (Å²) in [6.07, 6.45) is 0.